The van der Waals surface area contributed by atoms with E-state index in [1.165, 1.54) is 5.56 Å². The number of amides is 2. The summed E-state index contributed by atoms with van der Waals surface area (Å²) < 4.78 is 2.05. The highest BCUT2D eigenvalue weighted by Gasteiger charge is 2.35. The van der Waals surface area contributed by atoms with Gasteiger partial charge in [-0.1, -0.05) is 36.4 Å². The quantitative estimate of drug-likeness (QED) is 0.553. The van der Waals surface area contributed by atoms with E-state index in [2.05, 4.69) is 22.1 Å². The molecule has 172 valence electrons. The molecule has 2 aromatic heterocycles. The number of hydrogen-bond donors (Lipinski definition) is 1. The lowest BCUT2D eigenvalue weighted by Crippen LogP contribution is -2.35. The third-order valence-electron chi connectivity index (χ3n) is 5.41. The molecule has 9 nitrogen and oxygen atoms in total. The van der Waals surface area contributed by atoms with Crippen LogP contribution in [0.2, 0.25) is 0 Å². The molecule has 1 unspecified atom stereocenters. The summed E-state index contributed by atoms with van der Waals surface area (Å²) in [5.74, 6) is 0.491. The Bertz CT molecular complexity index is 1050. The molecule has 3 heterocycles. The van der Waals surface area contributed by atoms with Crippen molar-refractivity contribution in [3.63, 3.8) is 0 Å². The van der Waals surface area contributed by atoms with Gasteiger partial charge in [0.2, 0.25) is 11.8 Å². The molecule has 1 aliphatic rings. The van der Waals surface area contributed by atoms with E-state index < -0.39 is 0 Å². The van der Waals surface area contributed by atoms with Crippen molar-refractivity contribution >= 4 is 18.3 Å². The maximum absolute atomic E-state index is 13.0. The number of benzene rings is 1. The highest BCUT2D eigenvalue weighted by atomic mass is 16.3. The summed E-state index contributed by atoms with van der Waals surface area (Å²) >= 11 is 0. The van der Waals surface area contributed by atoms with Gasteiger partial charge in [-0.3, -0.25) is 19.4 Å². The van der Waals surface area contributed by atoms with Crippen LogP contribution < -0.4 is 0 Å². The summed E-state index contributed by atoms with van der Waals surface area (Å²) in [7, 11) is 1.78. The number of likely N-dealkylation sites (tertiary alicyclic amines) is 1. The zero-order chi connectivity index (χ0) is 23.6. The molecule has 0 saturated carbocycles. The van der Waals surface area contributed by atoms with Gasteiger partial charge in [-0.15, -0.1) is 0 Å². The second kappa shape index (κ2) is 11.6. The molecule has 2 amide bonds. The molecule has 9 heteroatoms. The number of carbonyl (C=O) groups excluding carboxylic acids is 2. The molecule has 0 aliphatic carbocycles. The zero-order valence-corrected chi connectivity index (χ0v) is 18.4. The van der Waals surface area contributed by atoms with Crippen molar-refractivity contribution < 1.29 is 19.5 Å². The molecule has 1 N–H and O–H groups in total. The van der Waals surface area contributed by atoms with Crippen molar-refractivity contribution in [2.24, 2.45) is 5.92 Å². The highest BCUT2D eigenvalue weighted by molar-refractivity contribution is 5.89. The van der Waals surface area contributed by atoms with Gasteiger partial charge < -0.3 is 19.5 Å². The van der Waals surface area contributed by atoms with Crippen molar-refractivity contribution in [3.8, 4) is 0 Å². The number of carbonyl (C=O) groups is 3. The molecule has 33 heavy (non-hydrogen) atoms. The van der Waals surface area contributed by atoms with E-state index in [4.69, 9.17) is 9.90 Å². The van der Waals surface area contributed by atoms with E-state index in [-0.39, 0.29) is 30.6 Å². The summed E-state index contributed by atoms with van der Waals surface area (Å²) in [4.78, 5) is 45.7. The maximum Gasteiger partial charge on any atom is 0.290 e. The average molecular weight is 450 g/mol. The van der Waals surface area contributed by atoms with Crippen molar-refractivity contribution in [1.29, 1.82) is 0 Å². The molecule has 4 rings (SSSR count). The summed E-state index contributed by atoms with van der Waals surface area (Å²) in [5, 5.41) is 6.89. The normalized spacial score (nSPS) is 15.0. The number of rotatable bonds is 7. The molecule has 1 atom stereocenters. The minimum absolute atomic E-state index is 0.0104. The maximum atomic E-state index is 13.0. The van der Waals surface area contributed by atoms with E-state index in [0.717, 1.165) is 11.4 Å². The Morgan fingerprint density at radius 1 is 1.15 bits per heavy atom. The largest absolute Gasteiger partial charge is 0.483 e. The van der Waals surface area contributed by atoms with Gasteiger partial charge in [0, 0.05) is 57.9 Å². The molecule has 1 aliphatic heterocycles. The SMILES string of the molecule is CN(Cc1nccn1Cc1ccccc1)C(=O)C1CC(=O)N(Cc2cccnc2)C1.O=CO. The topological polar surface area (TPSA) is 109 Å². The third kappa shape index (κ3) is 6.49. The number of imidazole rings is 1. The van der Waals surface area contributed by atoms with Crippen molar-refractivity contribution in [3.05, 3.63) is 84.2 Å². The lowest BCUT2D eigenvalue weighted by atomic mass is 10.1. The van der Waals surface area contributed by atoms with Crippen molar-refractivity contribution in [2.75, 3.05) is 13.6 Å². The van der Waals surface area contributed by atoms with Crippen molar-refractivity contribution in [2.45, 2.75) is 26.1 Å². The number of nitrogens with zero attached hydrogens (tertiary/aromatic N) is 5. The van der Waals surface area contributed by atoms with Gasteiger partial charge in [-0.25, -0.2) is 4.98 Å². The van der Waals surface area contributed by atoms with Crippen LogP contribution in [0.4, 0.5) is 0 Å². The van der Waals surface area contributed by atoms with E-state index in [1.807, 2.05) is 41.1 Å². The number of hydrogen-bond acceptors (Lipinski definition) is 5. The Hall–Kier alpha value is -4.01. The van der Waals surface area contributed by atoms with E-state index in [9.17, 15) is 9.59 Å². The van der Waals surface area contributed by atoms with Gasteiger partial charge in [0.25, 0.3) is 6.47 Å². The van der Waals surface area contributed by atoms with Gasteiger partial charge >= 0.3 is 0 Å². The first-order valence-electron chi connectivity index (χ1n) is 10.5. The smallest absolute Gasteiger partial charge is 0.290 e. The van der Waals surface area contributed by atoms with Gasteiger partial charge in [0.15, 0.2) is 0 Å². The van der Waals surface area contributed by atoms with Gasteiger partial charge in [-0.2, -0.15) is 0 Å². The Balaban J connectivity index is 0.000000968. The fourth-order valence-corrected chi connectivity index (χ4v) is 3.82. The number of pyridine rings is 1. The molecular weight excluding hydrogens is 422 g/mol. The predicted molar refractivity (Wildman–Crippen MR) is 121 cm³/mol. The molecule has 0 radical (unpaired) electrons. The molecule has 0 spiro atoms. The fourth-order valence-electron chi connectivity index (χ4n) is 3.82. The lowest BCUT2D eigenvalue weighted by Gasteiger charge is -2.22. The molecule has 0 bridgehead atoms. The first-order valence-corrected chi connectivity index (χ1v) is 10.5. The summed E-state index contributed by atoms with van der Waals surface area (Å²) in [5.41, 5.74) is 2.15. The Morgan fingerprint density at radius 3 is 2.58 bits per heavy atom. The Labute approximate surface area is 192 Å². The van der Waals surface area contributed by atoms with E-state index in [0.29, 0.717) is 26.2 Å². The van der Waals surface area contributed by atoms with Crippen LogP contribution in [-0.4, -0.2) is 61.3 Å². The first-order chi connectivity index (χ1) is 16.0. The molecule has 1 fully saturated rings. The summed E-state index contributed by atoms with van der Waals surface area (Å²) in [6.07, 6.45) is 7.39. The lowest BCUT2D eigenvalue weighted by molar-refractivity contribution is -0.135. The van der Waals surface area contributed by atoms with Crippen LogP contribution in [0.3, 0.4) is 0 Å². The highest BCUT2D eigenvalue weighted by Crippen LogP contribution is 2.22. The standard InChI is InChI=1S/C23H25N5O2.CH2O2/c1-26(17-21-25-10-11-27(21)14-18-6-3-2-4-7-18)23(30)20-12-22(29)28(16-20)15-19-8-5-9-24-13-19;2-1-3/h2-11,13,20H,12,14-17H2,1H3;1H,(H,2,3). The van der Waals surface area contributed by atoms with Crippen LogP contribution in [0.5, 0.6) is 0 Å². The minimum atomic E-state index is -0.322. The van der Waals surface area contributed by atoms with Crippen LogP contribution in [0.15, 0.2) is 67.3 Å². The first kappa shape index (κ1) is 23.6. The van der Waals surface area contributed by atoms with Gasteiger partial charge in [0.05, 0.1) is 12.5 Å². The minimum Gasteiger partial charge on any atom is -0.483 e. The van der Waals surface area contributed by atoms with Crippen molar-refractivity contribution in [1.82, 2.24) is 24.3 Å². The summed E-state index contributed by atoms with van der Waals surface area (Å²) in [6.45, 7) is 1.79. The molecule has 1 saturated heterocycles. The van der Waals surface area contributed by atoms with Crippen LogP contribution >= 0.6 is 0 Å². The van der Waals surface area contributed by atoms with Gasteiger partial charge in [0.1, 0.15) is 5.82 Å². The zero-order valence-electron chi connectivity index (χ0n) is 18.4. The van der Waals surface area contributed by atoms with Gasteiger partial charge in [-0.05, 0) is 17.2 Å². The fraction of sp³-hybridized carbons (Fsp3) is 0.292. The Kier molecular flexibility index (Phi) is 8.29. The van der Waals surface area contributed by atoms with Crippen LogP contribution in [-0.2, 0) is 34.0 Å². The second-order valence-electron chi connectivity index (χ2n) is 7.79. The average Bonchev–Trinajstić information content (AvgIpc) is 3.41. The van der Waals surface area contributed by atoms with Crippen LogP contribution in [0.1, 0.15) is 23.4 Å². The van der Waals surface area contributed by atoms with E-state index >= 15 is 0 Å². The number of carboxylic acid groups (broad SMARTS) is 1. The molecule has 1 aromatic carbocycles. The van der Waals surface area contributed by atoms with Crippen LogP contribution in [0.25, 0.3) is 0 Å². The predicted octanol–water partition coefficient (Wildman–Crippen LogP) is 2.03. The monoisotopic (exact) mass is 449 g/mol. The second-order valence-corrected chi connectivity index (χ2v) is 7.79. The number of aromatic nitrogens is 3. The summed E-state index contributed by atoms with van der Waals surface area (Å²) in [6, 6.07) is 13.9. The third-order valence-corrected chi connectivity index (χ3v) is 5.41. The molecule has 3 aromatic rings. The molecular formula is C24H27N5O4. The van der Waals surface area contributed by atoms with Crippen LogP contribution in [0, 0.1) is 5.92 Å². The Morgan fingerprint density at radius 2 is 1.88 bits per heavy atom. The van der Waals surface area contributed by atoms with E-state index in [1.54, 1.807) is 35.4 Å².